The average Bonchev–Trinajstić information content (AvgIpc) is 3.49. The second-order valence-electron chi connectivity index (χ2n) is 6.34. The Kier molecular flexibility index (Phi) is 5.97. The lowest BCUT2D eigenvalue weighted by molar-refractivity contribution is 0.284. The molecule has 0 aromatic heterocycles. The largest absolute Gasteiger partial charge is 0.493 e. The molecule has 0 radical (unpaired) electrons. The van der Waals surface area contributed by atoms with Crippen molar-refractivity contribution in [3.05, 3.63) is 64.3 Å². The first-order valence-electron chi connectivity index (χ1n) is 8.60. The van der Waals surface area contributed by atoms with Gasteiger partial charge in [0.05, 0.1) is 7.11 Å². The Bertz CT molecular complexity index is 1020. The van der Waals surface area contributed by atoms with Gasteiger partial charge in [0.25, 0.3) is 10.0 Å². The number of methoxy groups -OCH3 is 1. The number of sulfonamides is 1. The van der Waals surface area contributed by atoms with Crippen LogP contribution >= 0.6 is 0 Å². The normalized spacial score (nSPS) is 14.4. The summed E-state index contributed by atoms with van der Waals surface area (Å²) in [6, 6.07) is 12.4. The van der Waals surface area contributed by atoms with Crippen LogP contribution < -0.4 is 14.2 Å². The van der Waals surface area contributed by atoms with E-state index in [2.05, 4.69) is 4.72 Å². The van der Waals surface area contributed by atoms with Crippen LogP contribution in [0.2, 0.25) is 0 Å². The van der Waals surface area contributed by atoms with Crippen LogP contribution in [-0.4, -0.2) is 21.6 Å². The predicted molar refractivity (Wildman–Crippen MR) is 102 cm³/mol. The van der Waals surface area contributed by atoms with Crippen molar-refractivity contribution in [3.8, 4) is 17.6 Å². The van der Waals surface area contributed by atoms with Crippen LogP contribution in [0.5, 0.6) is 11.5 Å². The van der Waals surface area contributed by atoms with E-state index in [0.717, 1.165) is 18.4 Å². The van der Waals surface area contributed by atoms with Crippen LogP contribution in [0.15, 0.2) is 47.4 Å². The first-order chi connectivity index (χ1) is 13.4. The van der Waals surface area contributed by atoms with Gasteiger partial charge in [-0.05, 0) is 54.3 Å². The number of allylic oxidation sites excluding steroid dienone is 1. The molecule has 3 rings (SSSR count). The molecule has 8 heteroatoms. The molecule has 146 valence electrons. The van der Waals surface area contributed by atoms with Crippen molar-refractivity contribution < 1.29 is 22.3 Å². The minimum absolute atomic E-state index is 0.0847. The van der Waals surface area contributed by atoms with Crippen LogP contribution in [0.4, 0.5) is 4.39 Å². The number of nitriles is 1. The molecule has 0 heterocycles. The lowest BCUT2D eigenvalue weighted by Crippen LogP contribution is -2.26. The van der Waals surface area contributed by atoms with Crippen molar-refractivity contribution in [2.45, 2.75) is 25.5 Å². The van der Waals surface area contributed by atoms with Crippen molar-refractivity contribution in [1.82, 2.24) is 4.72 Å². The van der Waals surface area contributed by atoms with Crippen molar-refractivity contribution in [1.29, 1.82) is 5.26 Å². The molecule has 0 amide bonds. The summed E-state index contributed by atoms with van der Waals surface area (Å²) in [5.41, 5.74) is 1.28. The molecule has 1 aliphatic rings. The van der Waals surface area contributed by atoms with E-state index >= 15 is 0 Å². The van der Waals surface area contributed by atoms with E-state index in [1.165, 1.54) is 25.3 Å². The smallest absolute Gasteiger partial charge is 0.250 e. The summed E-state index contributed by atoms with van der Waals surface area (Å²) < 4.78 is 50.9. The van der Waals surface area contributed by atoms with Crippen LogP contribution in [0.3, 0.4) is 0 Å². The Morgan fingerprint density at radius 2 is 1.96 bits per heavy atom. The number of hydrogen-bond acceptors (Lipinski definition) is 5. The monoisotopic (exact) mass is 402 g/mol. The van der Waals surface area contributed by atoms with Crippen LogP contribution in [0, 0.1) is 17.1 Å². The summed E-state index contributed by atoms with van der Waals surface area (Å²) >= 11 is 0. The summed E-state index contributed by atoms with van der Waals surface area (Å²) in [6.45, 7) is 0.217. The molecule has 6 nitrogen and oxygen atoms in total. The fourth-order valence-electron chi connectivity index (χ4n) is 2.44. The van der Waals surface area contributed by atoms with Crippen molar-refractivity contribution in [2.75, 3.05) is 7.11 Å². The highest BCUT2D eigenvalue weighted by Gasteiger charge is 2.29. The number of ether oxygens (including phenoxy) is 2. The third-order valence-electron chi connectivity index (χ3n) is 4.09. The zero-order valence-electron chi connectivity index (χ0n) is 15.2. The highest BCUT2D eigenvalue weighted by molar-refractivity contribution is 7.93. The van der Waals surface area contributed by atoms with Crippen LogP contribution in [0.25, 0.3) is 6.08 Å². The van der Waals surface area contributed by atoms with Gasteiger partial charge >= 0.3 is 0 Å². The molecule has 0 aliphatic heterocycles. The molecular weight excluding hydrogens is 383 g/mol. The summed E-state index contributed by atoms with van der Waals surface area (Å²) in [5, 5.41) is 9.25. The number of halogens is 1. The second kappa shape index (κ2) is 8.42. The van der Waals surface area contributed by atoms with Gasteiger partial charge in [-0.15, -0.1) is 0 Å². The molecule has 0 saturated heterocycles. The van der Waals surface area contributed by atoms with Gasteiger partial charge in [-0.1, -0.05) is 18.2 Å². The minimum Gasteiger partial charge on any atom is -0.493 e. The summed E-state index contributed by atoms with van der Waals surface area (Å²) in [5.74, 6) is 0.513. The second-order valence-corrected chi connectivity index (χ2v) is 8.02. The summed E-state index contributed by atoms with van der Waals surface area (Å²) in [7, 11) is -2.38. The predicted octanol–water partition coefficient (Wildman–Crippen LogP) is 3.36. The highest BCUT2D eigenvalue weighted by atomic mass is 32.2. The van der Waals surface area contributed by atoms with Gasteiger partial charge in [0.1, 0.15) is 18.5 Å². The summed E-state index contributed by atoms with van der Waals surface area (Å²) in [4.78, 5) is -0.360. The lowest BCUT2D eigenvalue weighted by Gasteiger charge is -2.12. The van der Waals surface area contributed by atoms with E-state index in [4.69, 9.17) is 9.47 Å². The third-order valence-corrected chi connectivity index (χ3v) is 5.52. The SMILES string of the molecule is COc1cc(/C=C(\C#N)S(=O)(=O)NC2CC2)ccc1OCc1ccc(F)cc1. The van der Waals surface area contributed by atoms with Crippen LogP contribution in [0.1, 0.15) is 24.0 Å². The minimum atomic E-state index is -3.84. The zero-order chi connectivity index (χ0) is 20.1. The first-order valence-corrected chi connectivity index (χ1v) is 10.1. The van der Waals surface area contributed by atoms with Gasteiger partial charge in [-0.3, -0.25) is 0 Å². The number of nitrogens with one attached hydrogen (secondary N) is 1. The van der Waals surface area contributed by atoms with Crippen molar-refractivity contribution >= 4 is 16.1 Å². The lowest BCUT2D eigenvalue weighted by atomic mass is 10.2. The van der Waals surface area contributed by atoms with Gasteiger partial charge < -0.3 is 9.47 Å². The zero-order valence-corrected chi connectivity index (χ0v) is 16.0. The molecule has 1 fully saturated rings. The fraction of sp³-hybridized carbons (Fsp3) is 0.250. The maximum absolute atomic E-state index is 13.0. The molecule has 1 N–H and O–H groups in total. The molecule has 2 aromatic rings. The van der Waals surface area contributed by atoms with Crippen molar-refractivity contribution in [2.24, 2.45) is 0 Å². The number of hydrogen-bond donors (Lipinski definition) is 1. The van der Waals surface area contributed by atoms with E-state index in [1.54, 1.807) is 36.4 Å². The Morgan fingerprint density at radius 3 is 2.57 bits per heavy atom. The molecule has 2 aromatic carbocycles. The Morgan fingerprint density at radius 1 is 1.25 bits per heavy atom. The average molecular weight is 402 g/mol. The number of rotatable bonds is 8. The van der Waals surface area contributed by atoms with E-state index in [-0.39, 0.29) is 23.4 Å². The van der Waals surface area contributed by atoms with Gasteiger partial charge in [-0.25, -0.2) is 17.5 Å². The standard InChI is InChI=1S/C20H19FN2O4S/c1-26-20-11-15(10-18(12-22)28(24,25)23-17-7-8-17)4-9-19(20)27-13-14-2-5-16(21)6-3-14/h2-6,9-11,17,23H,7-8,13H2,1H3/b18-10+. The molecule has 1 saturated carbocycles. The number of nitrogens with zero attached hydrogens (tertiary/aromatic N) is 1. The Hall–Kier alpha value is -2.89. The van der Waals surface area contributed by atoms with Crippen LogP contribution in [-0.2, 0) is 16.6 Å². The first kappa shape index (κ1) is 19.9. The highest BCUT2D eigenvalue weighted by Crippen LogP contribution is 2.30. The maximum Gasteiger partial charge on any atom is 0.250 e. The molecule has 0 atom stereocenters. The van der Waals surface area contributed by atoms with Gasteiger partial charge in [0.2, 0.25) is 0 Å². The van der Waals surface area contributed by atoms with Gasteiger partial charge in [0, 0.05) is 6.04 Å². The Labute approximate surface area is 163 Å². The van der Waals surface area contributed by atoms with E-state index < -0.39 is 10.0 Å². The molecular formula is C20H19FN2O4S. The van der Waals surface area contributed by atoms with Gasteiger partial charge in [-0.2, -0.15) is 5.26 Å². The fourth-order valence-corrected chi connectivity index (χ4v) is 3.65. The molecule has 28 heavy (non-hydrogen) atoms. The van der Waals surface area contributed by atoms with E-state index in [0.29, 0.717) is 17.1 Å². The maximum atomic E-state index is 13.0. The topological polar surface area (TPSA) is 88.4 Å². The van der Waals surface area contributed by atoms with E-state index in [1.807, 2.05) is 0 Å². The third kappa shape index (κ3) is 5.09. The molecule has 0 spiro atoms. The molecule has 1 aliphatic carbocycles. The molecule has 0 unspecified atom stereocenters. The summed E-state index contributed by atoms with van der Waals surface area (Å²) in [6.07, 6.45) is 2.86. The Balaban J connectivity index is 1.78. The molecule has 0 bridgehead atoms. The van der Waals surface area contributed by atoms with Gasteiger partial charge in [0.15, 0.2) is 16.4 Å². The van der Waals surface area contributed by atoms with E-state index in [9.17, 15) is 18.1 Å². The quantitative estimate of drug-likeness (QED) is 0.684. The number of benzene rings is 2. The van der Waals surface area contributed by atoms with Crippen molar-refractivity contribution in [3.63, 3.8) is 0 Å².